The van der Waals surface area contributed by atoms with Crippen LogP contribution >= 0.6 is 0 Å². The number of benzene rings is 1. The van der Waals surface area contributed by atoms with E-state index in [4.69, 9.17) is 0 Å². The molecule has 4 aliphatic carbocycles. The van der Waals surface area contributed by atoms with E-state index in [9.17, 15) is 4.79 Å². The van der Waals surface area contributed by atoms with Crippen LogP contribution in [0, 0.1) is 23.2 Å². The average Bonchev–Trinajstić information content (AvgIpc) is 2.58. The summed E-state index contributed by atoms with van der Waals surface area (Å²) in [7, 11) is 0. The summed E-state index contributed by atoms with van der Waals surface area (Å²) in [6.07, 6.45) is 13.2. The molecule has 0 amide bonds. The fourth-order valence-electron chi connectivity index (χ4n) is 5.94. The van der Waals surface area contributed by atoms with Gasteiger partial charge in [0.2, 0.25) is 0 Å². The van der Waals surface area contributed by atoms with E-state index in [0.29, 0.717) is 5.78 Å². The Bertz CT molecular complexity index is 799. The monoisotopic (exact) mass is 317 g/mol. The lowest BCUT2D eigenvalue weighted by Gasteiger charge is -2.55. The highest BCUT2D eigenvalue weighted by Crippen LogP contribution is 2.60. The highest BCUT2D eigenvalue weighted by molar-refractivity contribution is 5.98. The molecule has 4 aliphatic rings. The maximum absolute atomic E-state index is 13.0. The predicted molar refractivity (Wildman–Crippen MR) is 96.4 cm³/mol. The molecule has 4 fully saturated rings. The van der Waals surface area contributed by atoms with Gasteiger partial charge in [-0.1, -0.05) is 18.2 Å². The van der Waals surface area contributed by atoms with Gasteiger partial charge >= 0.3 is 0 Å². The molecule has 0 atom stereocenters. The van der Waals surface area contributed by atoms with Gasteiger partial charge in [-0.15, -0.1) is 0 Å². The molecule has 0 saturated heterocycles. The molecule has 2 aromatic rings. The van der Waals surface area contributed by atoms with Crippen molar-refractivity contribution in [3.63, 3.8) is 0 Å². The van der Waals surface area contributed by atoms with Crippen LogP contribution in [-0.2, 0) is 4.79 Å². The van der Waals surface area contributed by atoms with Crippen LogP contribution in [0.5, 0.6) is 0 Å². The Morgan fingerprint density at radius 2 is 1.71 bits per heavy atom. The van der Waals surface area contributed by atoms with E-state index < -0.39 is 0 Å². The standard InChI is InChI=1S/C22H23NO/c24-21(22-11-16-7-17(12-22)9-18(8-16)13-22)6-5-15-10-19-3-1-2-4-20(19)23-14-15/h1-6,10,14,16-18H,7-9,11-13H2. The van der Waals surface area contributed by atoms with Crippen molar-refractivity contribution in [3.05, 3.63) is 48.2 Å². The number of ketones is 1. The minimum Gasteiger partial charge on any atom is -0.294 e. The number of carbonyl (C=O) groups is 1. The van der Waals surface area contributed by atoms with Crippen molar-refractivity contribution in [2.75, 3.05) is 0 Å². The molecule has 4 bridgehead atoms. The van der Waals surface area contributed by atoms with Gasteiger partial charge in [-0.2, -0.15) is 0 Å². The van der Waals surface area contributed by atoms with E-state index in [1.807, 2.05) is 36.5 Å². The summed E-state index contributed by atoms with van der Waals surface area (Å²) in [6, 6.07) is 10.2. The number of para-hydroxylation sites is 1. The van der Waals surface area contributed by atoms with Gasteiger partial charge in [0.1, 0.15) is 0 Å². The third-order valence-corrected chi connectivity index (χ3v) is 6.60. The number of allylic oxidation sites excluding steroid dienone is 1. The van der Waals surface area contributed by atoms with Crippen molar-refractivity contribution in [1.82, 2.24) is 4.98 Å². The number of hydrogen-bond donors (Lipinski definition) is 0. The third-order valence-electron chi connectivity index (χ3n) is 6.60. The Morgan fingerprint density at radius 3 is 2.42 bits per heavy atom. The van der Waals surface area contributed by atoms with Gasteiger partial charge in [0, 0.05) is 17.0 Å². The Balaban J connectivity index is 1.40. The molecule has 1 heterocycles. The minimum absolute atomic E-state index is 0.0322. The molecule has 0 N–H and O–H groups in total. The quantitative estimate of drug-likeness (QED) is 0.743. The zero-order valence-corrected chi connectivity index (χ0v) is 13.9. The fourth-order valence-corrected chi connectivity index (χ4v) is 5.94. The molecule has 4 saturated carbocycles. The first kappa shape index (κ1) is 14.4. The zero-order chi connectivity index (χ0) is 16.1. The minimum atomic E-state index is -0.0322. The summed E-state index contributed by atoms with van der Waals surface area (Å²) in [6.45, 7) is 0. The first-order valence-corrected chi connectivity index (χ1v) is 9.27. The van der Waals surface area contributed by atoms with Crippen LogP contribution < -0.4 is 0 Å². The molecule has 1 aromatic carbocycles. The lowest BCUT2D eigenvalue weighted by Crippen LogP contribution is -2.49. The number of rotatable bonds is 3. The van der Waals surface area contributed by atoms with Crippen LogP contribution in [-0.4, -0.2) is 10.8 Å². The van der Waals surface area contributed by atoms with Crippen molar-refractivity contribution >= 4 is 22.8 Å². The number of carbonyl (C=O) groups excluding carboxylic acids is 1. The van der Waals surface area contributed by atoms with Crippen LogP contribution in [0.4, 0.5) is 0 Å². The van der Waals surface area contributed by atoms with Crippen LogP contribution in [0.2, 0.25) is 0 Å². The Kier molecular flexibility index (Phi) is 3.16. The van der Waals surface area contributed by atoms with E-state index in [1.54, 1.807) is 0 Å². The molecule has 0 aliphatic heterocycles. The van der Waals surface area contributed by atoms with Crippen LogP contribution in [0.3, 0.4) is 0 Å². The smallest absolute Gasteiger partial charge is 0.161 e. The Labute approximate surface area is 143 Å². The molecule has 0 spiro atoms. The van der Waals surface area contributed by atoms with Gasteiger partial charge < -0.3 is 0 Å². The van der Waals surface area contributed by atoms with Crippen LogP contribution in [0.1, 0.15) is 44.1 Å². The van der Waals surface area contributed by atoms with Crippen LogP contribution in [0.25, 0.3) is 17.0 Å². The van der Waals surface area contributed by atoms with Crippen LogP contribution in [0.15, 0.2) is 42.6 Å². The van der Waals surface area contributed by atoms with E-state index in [-0.39, 0.29) is 5.41 Å². The molecule has 24 heavy (non-hydrogen) atoms. The number of hydrogen-bond acceptors (Lipinski definition) is 2. The number of pyridine rings is 1. The van der Waals surface area contributed by atoms with E-state index in [1.165, 1.54) is 19.3 Å². The lowest BCUT2D eigenvalue weighted by molar-refractivity contribution is -0.138. The van der Waals surface area contributed by atoms with E-state index in [0.717, 1.165) is 53.5 Å². The normalized spacial score (nSPS) is 34.2. The molecule has 6 rings (SSSR count). The van der Waals surface area contributed by atoms with Crippen molar-refractivity contribution in [3.8, 4) is 0 Å². The highest BCUT2D eigenvalue weighted by atomic mass is 16.1. The molecular formula is C22H23NO. The largest absolute Gasteiger partial charge is 0.294 e. The molecule has 2 nitrogen and oxygen atoms in total. The summed E-state index contributed by atoms with van der Waals surface area (Å²) < 4.78 is 0. The number of fused-ring (bicyclic) bond motifs is 1. The maximum atomic E-state index is 13.0. The number of aromatic nitrogens is 1. The summed E-state index contributed by atoms with van der Waals surface area (Å²) in [4.78, 5) is 17.5. The van der Waals surface area contributed by atoms with Gasteiger partial charge in [0.25, 0.3) is 0 Å². The third kappa shape index (κ3) is 2.31. The highest BCUT2D eigenvalue weighted by Gasteiger charge is 2.53. The van der Waals surface area contributed by atoms with Crippen molar-refractivity contribution in [2.24, 2.45) is 23.2 Å². The zero-order valence-electron chi connectivity index (χ0n) is 13.9. The van der Waals surface area contributed by atoms with Crippen molar-refractivity contribution in [1.29, 1.82) is 0 Å². The van der Waals surface area contributed by atoms with Crippen molar-refractivity contribution < 1.29 is 4.79 Å². The average molecular weight is 317 g/mol. The van der Waals surface area contributed by atoms with Crippen molar-refractivity contribution in [2.45, 2.75) is 38.5 Å². The van der Waals surface area contributed by atoms with Gasteiger partial charge in [-0.25, -0.2) is 0 Å². The number of nitrogens with zero attached hydrogens (tertiary/aromatic N) is 1. The van der Waals surface area contributed by atoms with Gasteiger partial charge in [0.05, 0.1) is 5.52 Å². The molecule has 0 radical (unpaired) electrons. The summed E-state index contributed by atoms with van der Waals surface area (Å²) in [5.41, 5.74) is 1.99. The fraction of sp³-hybridized carbons (Fsp3) is 0.455. The second kappa shape index (κ2) is 5.27. The van der Waals surface area contributed by atoms with Gasteiger partial charge in [-0.05, 0) is 86.1 Å². The summed E-state index contributed by atoms with van der Waals surface area (Å²) in [5, 5.41) is 1.13. The lowest BCUT2D eigenvalue weighted by atomic mass is 9.48. The SMILES string of the molecule is O=C(C=Cc1cnc2ccccc2c1)C12CC3CC(CC(C3)C1)C2. The summed E-state index contributed by atoms with van der Waals surface area (Å²) >= 11 is 0. The molecular weight excluding hydrogens is 294 g/mol. The molecule has 1 aromatic heterocycles. The topological polar surface area (TPSA) is 30.0 Å². The second-order valence-corrected chi connectivity index (χ2v) is 8.36. The first-order valence-electron chi connectivity index (χ1n) is 9.27. The second-order valence-electron chi connectivity index (χ2n) is 8.36. The molecule has 2 heteroatoms. The Morgan fingerprint density at radius 1 is 1.04 bits per heavy atom. The molecule has 122 valence electrons. The maximum Gasteiger partial charge on any atom is 0.161 e. The van der Waals surface area contributed by atoms with Gasteiger partial charge in [-0.3, -0.25) is 9.78 Å². The Hall–Kier alpha value is -1.96. The van der Waals surface area contributed by atoms with E-state index >= 15 is 0 Å². The molecule has 0 unspecified atom stereocenters. The van der Waals surface area contributed by atoms with Gasteiger partial charge in [0.15, 0.2) is 5.78 Å². The van der Waals surface area contributed by atoms with E-state index in [2.05, 4.69) is 17.1 Å². The first-order chi connectivity index (χ1) is 11.7. The summed E-state index contributed by atoms with van der Waals surface area (Å²) in [5.74, 6) is 2.82. The predicted octanol–water partition coefficient (Wildman–Crippen LogP) is 5.03.